The zero-order valence-corrected chi connectivity index (χ0v) is 9.56. The van der Waals surface area contributed by atoms with Gasteiger partial charge in [0.05, 0.1) is 0 Å². The van der Waals surface area contributed by atoms with Crippen molar-refractivity contribution in [1.82, 2.24) is 0 Å². The predicted octanol–water partition coefficient (Wildman–Crippen LogP) is 1.91. The summed E-state index contributed by atoms with van der Waals surface area (Å²) in [4.78, 5) is 1.23. The Balaban J connectivity index is 0.00000169. The number of nitrogens with two attached hydrogens (primary N) is 1. The lowest BCUT2D eigenvalue weighted by Gasteiger charge is -2.08. The number of aliphatic hydroxyl groups excluding tert-OH is 1. The second-order valence-corrected chi connectivity index (χ2v) is 3.99. The molecule has 3 N–H and O–H groups in total. The van der Waals surface area contributed by atoms with Crippen LogP contribution in [0.5, 0.6) is 0 Å². The number of benzene rings is 1. The second-order valence-electron chi connectivity index (χ2n) is 2.90. The molecule has 0 bridgehead atoms. The van der Waals surface area contributed by atoms with Gasteiger partial charge < -0.3 is 10.8 Å². The van der Waals surface area contributed by atoms with Crippen LogP contribution in [0.25, 0.3) is 0 Å². The minimum atomic E-state index is 0. The van der Waals surface area contributed by atoms with Crippen molar-refractivity contribution in [2.75, 3.05) is 12.4 Å². The Labute approximate surface area is 95.3 Å². The van der Waals surface area contributed by atoms with E-state index in [2.05, 4.69) is 12.1 Å². The number of hydrogen-bond acceptors (Lipinski definition) is 3. The van der Waals surface area contributed by atoms with E-state index in [0.717, 1.165) is 5.75 Å². The molecule has 0 fully saturated rings. The van der Waals surface area contributed by atoms with Crippen LogP contribution < -0.4 is 5.73 Å². The van der Waals surface area contributed by atoms with E-state index in [0.29, 0.717) is 6.42 Å². The van der Waals surface area contributed by atoms with E-state index in [1.807, 2.05) is 18.2 Å². The first-order valence-corrected chi connectivity index (χ1v) is 5.36. The SMILES string of the molecule is Cl.N[C@H](CCO)CSc1ccccc1. The van der Waals surface area contributed by atoms with E-state index in [1.165, 1.54) is 4.90 Å². The number of thioether (sulfide) groups is 1. The summed E-state index contributed by atoms with van der Waals surface area (Å²) in [5, 5.41) is 8.64. The third kappa shape index (κ3) is 5.50. The molecule has 0 aliphatic heterocycles. The lowest BCUT2D eigenvalue weighted by molar-refractivity contribution is 0.279. The third-order valence-corrected chi connectivity index (χ3v) is 2.91. The maximum Gasteiger partial charge on any atom is 0.0446 e. The molecule has 80 valence electrons. The summed E-state index contributed by atoms with van der Waals surface area (Å²) in [7, 11) is 0. The summed E-state index contributed by atoms with van der Waals surface area (Å²) < 4.78 is 0. The highest BCUT2D eigenvalue weighted by Crippen LogP contribution is 2.17. The maximum absolute atomic E-state index is 8.64. The first kappa shape index (κ1) is 13.8. The molecule has 0 saturated carbocycles. The lowest BCUT2D eigenvalue weighted by Crippen LogP contribution is -2.23. The van der Waals surface area contributed by atoms with E-state index in [4.69, 9.17) is 10.8 Å². The third-order valence-electron chi connectivity index (χ3n) is 1.71. The summed E-state index contributed by atoms with van der Waals surface area (Å²) in [6.07, 6.45) is 0.680. The highest BCUT2D eigenvalue weighted by molar-refractivity contribution is 7.99. The molecular formula is C10H16ClNOS. The first-order chi connectivity index (χ1) is 6.33. The molecule has 0 radical (unpaired) electrons. The minimum absolute atomic E-state index is 0. The fraction of sp³-hybridized carbons (Fsp3) is 0.400. The Hall–Kier alpha value is -0.220. The van der Waals surface area contributed by atoms with Gasteiger partial charge in [0.2, 0.25) is 0 Å². The first-order valence-electron chi connectivity index (χ1n) is 4.37. The minimum Gasteiger partial charge on any atom is -0.396 e. The molecule has 14 heavy (non-hydrogen) atoms. The van der Waals surface area contributed by atoms with Crippen molar-refractivity contribution in [2.45, 2.75) is 17.4 Å². The van der Waals surface area contributed by atoms with Crippen LogP contribution in [-0.2, 0) is 0 Å². The Kier molecular flexibility index (Phi) is 7.99. The number of hydrogen-bond donors (Lipinski definition) is 2. The standard InChI is InChI=1S/C10H15NOS.ClH/c11-9(6-7-12)8-13-10-4-2-1-3-5-10;/h1-5,9,12H,6-8,11H2;1H/t9-;/m1./s1. The summed E-state index contributed by atoms with van der Waals surface area (Å²) in [6.45, 7) is 0.177. The maximum atomic E-state index is 8.64. The summed E-state index contributed by atoms with van der Waals surface area (Å²) in [5.74, 6) is 0.866. The fourth-order valence-electron chi connectivity index (χ4n) is 0.969. The number of rotatable bonds is 5. The van der Waals surface area contributed by atoms with Crippen molar-refractivity contribution in [1.29, 1.82) is 0 Å². The van der Waals surface area contributed by atoms with Gasteiger partial charge in [-0.1, -0.05) is 18.2 Å². The molecule has 1 aromatic rings. The fourth-order valence-corrected chi connectivity index (χ4v) is 1.89. The van der Waals surface area contributed by atoms with Gasteiger partial charge in [-0.2, -0.15) is 0 Å². The summed E-state index contributed by atoms with van der Waals surface area (Å²) >= 11 is 1.73. The van der Waals surface area contributed by atoms with Gasteiger partial charge in [-0.15, -0.1) is 24.2 Å². The Morgan fingerprint density at radius 3 is 2.50 bits per heavy atom. The zero-order valence-electron chi connectivity index (χ0n) is 7.93. The molecule has 4 heteroatoms. The van der Waals surface area contributed by atoms with Gasteiger partial charge in [0.1, 0.15) is 0 Å². The molecule has 0 unspecified atom stereocenters. The van der Waals surface area contributed by atoms with Crippen molar-refractivity contribution in [2.24, 2.45) is 5.73 Å². The second kappa shape index (κ2) is 8.12. The average molecular weight is 234 g/mol. The van der Waals surface area contributed by atoms with Crippen LogP contribution in [0.3, 0.4) is 0 Å². The molecule has 0 aliphatic rings. The lowest BCUT2D eigenvalue weighted by atomic mass is 10.3. The van der Waals surface area contributed by atoms with Crippen LogP contribution in [0.4, 0.5) is 0 Å². The summed E-state index contributed by atoms with van der Waals surface area (Å²) in [5.41, 5.74) is 5.75. The monoisotopic (exact) mass is 233 g/mol. The number of halogens is 1. The molecule has 1 atom stereocenters. The molecular weight excluding hydrogens is 218 g/mol. The predicted molar refractivity (Wildman–Crippen MR) is 64.1 cm³/mol. The van der Waals surface area contributed by atoms with Gasteiger partial charge in [-0.05, 0) is 18.6 Å². The van der Waals surface area contributed by atoms with Crippen LogP contribution in [0.1, 0.15) is 6.42 Å². The van der Waals surface area contributed by atoms with Crippen molar-refractivity contribution in [3.8, 4) is 0 Å². The highest BCUT2D eigenvalue weighted by atomic mass is 35.5. The Bertz CT molecular complexity index is 233. The molecule has 2 nitrogen and oxygen atoms in total. The van der Waals surface area contributed by atoms with Crippen LogP contribution in [-0.4, -0.2) is 23.5 Å². The van der Waals surface area contributed by atoms with Crippen molar-refractivity contribution >= 4 is 24.2 Å². The van der Waals surface area contributed by atoms with E-state index in [1.54, 1.807) is 11.8 Å². The zero-order chi connectivity index (χ0) is 9.52. The van der Waals surface area contributed by atoms with Gasteiger partial charge in [0.25, 0.3) is 0 Å². The van der Waals surface area contributed by atoms with Gasteiger partial charge >= 0.3 is 0 Å². The van der Waals surface area contributed by atoms with Gasteiger partial charge in [0, 0.05) is 23.3 Å². The van der Waals surface area contributed by atoms with E-state index in [9.17, 15) is 0 Å². The smallest absolute Gasteiger partial charge is 0.0446 e. The highest BCUT2D eigenvalue weighted by Gasteiger charge is 2.01. The largest absolute Gasteiger partial charge is 0.396 e. The van der Waals surface area contributed by atoms with Crippen LogP contribution in [0.15, 0.2) is 35.2 Å². The van der Waals surface area contributed by atoms with Crippen molar-refractivity contribution in [3.05, 3.63) is 30.3 Å². The molecule has 1 rings (SSSR count). The molecule has 1 aromatic carbocycles. The van der Waals surface area contributed by atoms with E-state index >= 15 is 0 Å². The molecule has 0 amide bonds. The molecule has 0 saturated heterocycles. The molecule has 0 heterocycles. The van der Waals surface area contributed by atoms with E-state index < -0.39 is 0 Å². The van der Waals surface area contributed by atoms with Gasteiger partial charge in [0.15, 0.2) is 0 Å². The number of aliphatic hydroxyl groups is 1. The molecule has 0 spiro atoms. The topological polar surface area (TPSA) is 46.2 Å². The van der Waals surface area contributed by atoms with Gasteiger partial charge in [-0.3, -0.25) is 0 Å². The van der Waals surface area contributed by atoms with Crippen LogP contribution in [0.2, 0.25) is 0 Å². The van der Waals surface area contributed by atoms with E-state index in [-0.39, 0.29) is 25.1 Å². The van der Waals surface area contributed by atoms with Crippen molar-refractivity contribution < 1.29 is 5.11 Å². The van der Waals surface area contributed by atoms with Gasteiger partial charge in [-0.25, -0.2) is 0 Å². The normalized spacial score (nSPS) is 11.9. The molecule has 0 aliphatic carbocycles. The quantitative estimate of drug-likeness (QED) is 0.764. The average Bonchev–Trinajstić information content (AvgIpc) is 2.17. The Morgan fingerprint density at radius 1 is 1.29 bits per heavy atom. The van der Waals surface area contributed by atoms with Crippen molar-refractivity contribution in [3.63, 3.8) is 0 Å². The Morgan fingerprint density at radius 2 is 1.93 bits per heavy atom. The summed E-state index contributed by atoms with van der Waals surface area (Å²) in [6, 6.07) is 10.2. The van der Waals surface area contributed by atoms with Crippen LogP contribution in [0, 0.1) is 0 Å². The van der Waals surface area contributed by atoms with Crippen LogP contribution >= 0.6 is 24.2 Å². The molecule has 0 aromatic heterocycles.